The fourth-order valence-electron chi connectivity index (χ4n) is 2.04. The SMILES string of the molecule is CCOC(=O)/C=C(/C)Nc1ccccc1OCc1ccccc1. The van der Waals surface area contributed by atoms with E-state index in [1.165, 1.54) is 6.08 Å². The monoisotopic (exact) mass is 311 g/mol. The predicted molar refractivity (Wildman–Crippen MR) is 91.2 cm³/mol. The van der Waals surface area contributed by atoms with E-state index in [0.29, 0.717) is 18.9 Å². The average Bonchev–Trinajstić information content (AvgIpc) is 2.55. The molecule has 0 amide bonds. The molecule has 0 saturated carbocycles. The lowest BCUT2D eigenvalue weighted by atomic mass is 10.2. The van der Waals surface area contributed by atoms with E-state index in [0.717, 1.165) is 17.0 Å². The van der Waals surface area contributed by atoms with Crippen molar-refractivity contribution in [2.45, 2.75) is 20.5 Å². The van der Waals surface area contributed by atoms with Gasteiger partial charge in [-0.25, -0.2) is 4.79 Å². The van der Waals surface area contributed by atoms with Crippen LogP contribution in [-0.4, -0.2) is 12.6 Å². The van der Waals surface area contributed by atoms with Gasteiger partial charge in [-0.05, 0) is 31.5 Å². The number of benzene rings is 2. The number of carbonyl (C=O) groups excluding carboxylic acids is 1. The van der Waals surface area contributed by atoms with Crippen molar-refractivity contribution in [3.8, 4) is 5.75 Å². The molecule has 0 atom stereocenters. The molecule has 0 aliphatic heterocycles. The van der Waals surface area contributed by atoms with E-state index >= 15 is 0 Å². The van der Waals surface area contributed by atoms with E-state index in [2.05, 4.69) is 5.32 Å². The number of para-hydroxylation sites is 2. The minimum absolute atomic E-state index is 0.361. The smallest absolute Gasteiger partial charge is 0.332 e. The summed E-state index contributed by atoms with van der Waals surface area (Å²) in [5.41, 5.74) is 2.60. The Morgan fingerprint density at radius 2 is 1.78 bits per heavy atom. The van der Waals surface area contributed by atoms with Gasteiger partial charge in [0.15, 0.2) is 0 Å². The summed E-state index contributed by atoms with van der Waals surface area (Å²) in [5, 5.41) is 3.17. The molecule has 0 aliphatic carbocycles. The molecule has 0 heterocycles. The zero-order chi connectivity index (χ0) is 16.5. The molecule has 4 heteroatoms. The number of ether oxygens (including phenoxy) is 2. The van der Waals surface area contributed by atoms with Crippen LogP contribution in [0.5, 0.6) is 5.75 Å². The molecular formula is C19H21NO3. The Labute approximate surface area is 136 Å². The topological polar surface area (TPSA) is 47.6 Å². The van der Waals surface area contributed by atoms with E-state index in [1.807, 2.05) is 61.5 Å². The van der Waals surface area contributed by atoms with Crippen LogP contribution in [0.15, 0.2) is 66.4 Å². The molecule has 0 saturated heterocycles. The number of allylic oxidation sites excluding steroid dienone is 1. The van der Waals surface area contributed by atoms with Crippen LogP contribution in [0.25, 0.3) is 0 Å². The lowest BCUT2D eigenvalue weighted by Gasteiger charge is -2.13. The van der Waals surface area contributed by atoms with Crippen molar-refractivity contribution in [1.82, 2.24) is 0 Å². The standard InChI is InChI=1S/C19H21NO3/c1-3-22-19(21)13-15(2)20-17-11-7-8-12-18(17)23-14-16-9-5-4-6-10-16/h4-13,20H,3,14H2,1-2H3/b15-13-. The van der Waals surface area contributed by atoms with Crippen LogP contribution in [0.3, 0.4) is 0 Å². The highest BCUT2D eigenvalue weighted by molar-refractivity contribution is 5.83. The average molecular weight is 311 g/mol. The largest absolute Gasteiger partial charge is 0.487 e. The summed E-state index contributed by atoms with van der Waals surface area (Å²) in [6, 6.07) is 17.6. The van der Waals surface area contributed by atoms with Gasteiger partial charge in [0.25, 0.3) is 0 Å². The molecule has 2 aromatic rings. The highest BCUT2D eigenvalue weighted by atomic mass is 16.5. The molecule has 0 radical (unpaired) electrons. The summed E-state index contributed by atoms with van der Waals surface area (Å²) >= 11 is 0. The minimum Gasteiger partial charge on any atom is -0.487 e. The van der Waals surface area contributed by atoms with Gasteiger partial charge in [0, 0.05) is 11.8 Å². The van der Waals surface area contributed by atoms with Gasteiger partial charge in [-0.3, -0.25) is 0 Å². The second kappa shape index (κ2) is 8.63. The van der Waals surface area contributed by atoms with Gasteiger partial charge in [-0.15, -0.1) is 0 Å². The first-order chi connectivity index (χ1) is 11.2. The number of carbonyl (C=O) groups is 1. The molecule has 0 aliphatic rings. The number of hydrogen-bond acceptors (Lipinski definition) is 4. The molecule has 0 bridgehead atoms. The van der Waals surface area contributed by atoms with Crippen molar-refractivity contribution >= 4 is 11.7 Å². The van der Waals surface area contributed by atoms with Crippen molar-refractivity contribution in [3.63, 3.8) is 0 Å². The van der Waals surface area contributed by atoms with Crippen molar-refractivity contribution < 1.29 is 14.3 Å². The van der Waals surface area contributed by atoms with Crippen LogP contribution >= 0.6 is 0 Å². The molecule has 4 nitrogen and oxygen atoms in total. The van der Waals surface area contributed by atoms with Gasteiger partial charge in [0.2, 0.25) is 0 Å². The Kier molecular flexibility index (Phi) is 6.24. The van der Waals surface area contributed by atoms with Crippen LogP contribution in [0.1, 0.15) is 19.4 Å². The van der Waals surface area contributed by atoms with Gasteiger partial charge < -0.3 is 14.8 Å². The van der Waals surface area contributed by atoms with Crippen LogP contribution < -0.4 is 10.1 Å². The quantitative estimate of drug-likeness (QED) is 0.616. The molecular weight excluding hydrogens is 290 g/mol. The van der Waals surface area contributed by atoms with Crippen molar-refractivity contribution in [2.24, 2.45) is 0 Å². The maximum Gasteiger partial charge on any atom is 0.332 e. The zero-order valence-corrected chi connectivity index (χ0v) is 13.4. The van der Waals surface area contributed by atoms with Gasteiger partial charge in [-0.1, -0.05) is 42.5 Å². The highest BCUT2D eigenvalue weighted by Crippen LogP contribution is 2.26. The van der Waals surface area contributed by atoms with E-state index in [9.17, 15) is 4.79 Å². The summed E-state index contributed by atoms with van der Waals surface area (Å²) in [6.45, 7) is 4.44. The summed E-state index contributed by atoms with van der Waals surface area (Å²) in [7, 11) is 0. The summed E-state index contributed by atoms with van der Waals surface area (Å²) in [4.78, 5) is 11.5. The Bertz CT molecular complexity index is 665. The van der Waals surface area contributed by atoms with E-state index in [1.54, 1.807) is 6.92 Å². The fraction of sp³-hybridized carbons (Fsp3) is 0.211. The van der Waals surface area contributed by atoms with E-state index < -0.39 is 0 Å². The maximum absolute atomic E-state index is 11.5. The van der Waals surface area contributed by atoms with Crippen LogP contribution in [-0.2, 0) is 16.1 Å². The van der Waals surface area contributed by atoms with Crippen LogP contribution in [0, 0.1) is 0 Å². The number of nitrogens with one attached hydrogen (secondary N) is 1. The number of esters is 1. The summed E-state index contributed by atoms with van der Waals surface area (Å²) in [6.07, 6.45) is 1.43. The van der Waals surface area contributed by atoms with Crippen molar-refractivity contribution in [1.29, 1.82) is 0 Å². The highest BCUT2D eigenvalue weighted by Gasteiger charge is 2.05. The first-order valence-electron chi connectivity index (χ1n) is 7.57. The molecule has 2 rings (SSSR count). The number of rotatable bonds is 7. The number of anilines is 1. The lowest BCUT2D eigenvalue weighted by Crippen LogP contribution is -2.05. The molecule has 1 N–H and O–H groups in total. The Morgan fingerprint density at radius 1 is 1.09 bits per heavy atom. The maximum atomic E-state index is 11.5. The van der Waals surface area contributed by atoms with Crippen molar-refractivity contribution in [2.75, 3.05) is 11.9 Å². The minimum atomic E-state index is -0.361. The van der Waals surface area contributed by atoms with Crippen LogP contribution in [0.4, 0.5) is 5.69 Å². The normalized spacial score (nSPS) is 11.0. The summed E-state index contributed by atoms with van der Waals surface area (Å²) < 4.78 is 10.8. The first-order valence-corrected chi connectivity index (χ1v) is 7.57. The first kappa shape index (κ1) is 16.6. The Morgan fingerprint density at radius 3 is 2.52 bits per heavy atom. The lowest BCUT2D eigenvalue weighted by molar-refractivity contribution is -0.137. The van der Waals surface area contributed by atoms with Gasteiger partial charge in [0.05, 0.1) is 12.3 Å². The molecule has 120 valence electrons. The van der Waals surface area contributed by atoms with Gasteiger partial charge in [0.1, 0.15) is 12.4 Å². The molecule has 0 fully saturated rings. The van der Waals surface area contributed by atoms with E-state index in [4.69, 9.17) is 9.47 Å². The third kappa shape index (κ3) is 5.51. The Balaban J connectivity index is 2.04. The van der Waals surface area contributed by atoms with Gasteiger partial charge >= 0.3 is 5.97 Å². The molecule has 0 unspecified atom stereocenters. The predicted octanol–water partition coefficient (Wildman–Crippen LogP) is 4.14. The van der Waals surface area contributed by atoms with Gasteiger partial charge in [-0.2, -0.15) is 0 Å². The second-order valence-electron chi connectivity index (χ2n) is 4.97. The van der Waals surface area contributed by atoms with Crippen LogP contribution in [0.2, 0.25) is 0 Å². The third-order valence-corrected chi connectivity index (χ3v) is 3.08. The molecule has 2 aromatic carbocycles. The molecule has 0 aromatic heterocycles. The Hall–Kier alpha value is -2.75. The molecule has 23 heavy (non-hydrogen) atoms. The zero-order valence-electron chi connectivity index (χ0n) is 13.4. The number of hydrogen-bond donors (Lipinski definition) is 1. The van der Waals surface area contributed by atoms with Crippen molar-refractivity contribution in [3.05, 3.63) is 71.9 Å². The van der Waals surface area contributed by atoms with E-state index in [-0.39, 0.29) is 5.97 Å². The summed E-state index contributed by atoms with van der Waals surface area (Å²) in [5.74, 6) is 0.369. The third-order valence-electron chi connectivity index (χ3n) is 3.08. The fourth-order valence-corrected chi connectivity index (χ4v) is 2.04. The molecule has 0 spiro atoms. The second-order valence-corrected chi connectivity index (χ2v) is 4.97.